The van der Waals surface area contributed by atoms with E-state index in [1.807, 2.05) is 11.6 Å². The molecule has 2 aromatic heterocycles. The van der Waals surface area contributed by atoms with Gasteiger partial charge in [-0.1, -0.05) is 37.2 Å². The summed E-state index contributed by atoms with van der Waals surface area (Å²) in [5.41, 5.74) is 0.601. The quantitative estimate of drug-likeness (QED) is 0.561. The zero-order valence-corrected chi connectivity index (χ0v) is 15.0. The van der Waals surface area contributed by atoms with Gasteiger partial charge >= 0.3 is 5.63 Å². The van der Waals surface area contributed by atoms with Gasteiger partial charge in [0.2, 0.25) is 0 Å². The minimum atomic E-state index is -0.472. The van der Waals surface area contributed by atoms with Crippen molar-refractivity contribution in [1.29, 1.82) is 0 Å². The van der Waals surface area contributed by atoms with Crippen molar-refractivity contribution in [1.82, 2.24) is 14.8 Å². The molecule has 126 valence electrons. The van der Waals surface area contributed by atoms with Crippen molar-refractivity contribution in [2.75, 3.05) is 0 Å². The van der Waals surface area contributed by atoms with Crippen LogP contribution < -0.4 is 5.63 Å². The van der Waals surface area contributed by atoms with Gasteiger partial charge in [0.05, 0.1) is 5.02 Å². The zero-order chi connectivity index (χ0) is 17.4. The molecule has 0 saturated heterocycles. The van der Waals surface area contributed by atoms with Crippen LogP contribution in [0.4, 0.5) is 0 Å². The number of hydrogen-bond donors (Lipinski definition) is 1. The molecular weight excluding hydrogens is 350 g/mol. The van der Waals surface area contributed by atoms with Crippen molar-refractivity contribution in [2.45, 2.75) is 30.7 Å². The van der Waals surface area contributed by atoms with Crippen LogP contribution in [0.3, 0.4) is 0 Å². The van der Waals surface area contributed by atoms with Crippen molar-refractivity contribution < 1.29 is 9.52 Å². The van der Waals surface area contributed by atoms with Crippen LogP contribution >= 0.6 is 23.4 Å². The second kappa shape index (κ2) is 6.49. The van der Waals surface area contributed by atoms with E-state index in [9.17, 15) is 9.90 Å². The molecule has 0 aliphatic rings. The van der Waals surface area contributed by atoms with Crippen LogP contribution in [0, 0.1) is 0 Å². The predicted molar refractivity (Wildman–Crippen MR) is 93.8 cm³/mol. The molecule has 1 aromatic carbocycles. The van der Waals surface area contributed by atoms with Crippen LogP contribution in [0.5, 0.6) is 5.75 Å². The Bertz CT molecular complexity index is 965. The number of phenolic OH excluding ortho intramolecular Hbond substituents is 1. The molecule has 0 fully saturated rings. The number of benzene rings is 1. The first-order valence-electron chi connectivity index (χ1n) is 7.34. The Morgan fingerprint density at radius 3 is 2.75 bits per heavy atom. The third kappa shape index (κ3) is 3.14. The summed E-state index contributed by atoms with van der Waals surface area (Å²) in [6.07, 6.45) is 0. The summed E-state index contributed by atoms with van der Waals surface area (Å²) in [5.74, 6) is 1.57. The van der Waals surface area contributed by atoms with Crippen LogP contribution in [0.15, 0.2) is 32.6 Å². The molecule has 6 nitrogen and oxygen atoms in total. The van der Waals surface area contributed by atoms with Gasteiger partial charge in [-0.3, -0.25) is 0 Å². The number of thioether (sulfide) groups is 1. The maximum Gasteiger partial charge on any atom is 0.336 e. The SMILES string of the molecule is CC(C)c1nnc(SCc2cc(=O)oc3cc(O)c(Cl)cc23)n1C. The highest BCUT2D eigenvalue weighted by Gasteiger charge is 2.14. The second-order valence-electron chi connectivity index (χ2n) is 5.73. The highest BCUT2D eigenvalue weighted by molar-refractivity contribution is 7.98. The summed E-state index contributed by atoms with van der Waals surface area (Å²) in [6, 6.07) is 4.39. The lowest BCUT2D eigenvalue weighted by Crippen LogP contribution is -2.02. The van der Waals surface area contributed by atoms with E-state index in [0.29, 0.717) is 16.7 Å². The molecular formula is C16H16ClN3O3S. The van der Waals surface area contributed by atoms with Crippen LogP contribution in [0.1, 0.15) is 31.2 Å². The standard InChI is InChI=1S/C16H16ClN3O3S/c1-8(2)15-18-19-16(20(15)3)24-7-9-4-14(22)23-13-6-12(21)11(17)5-10(9)13/h4-6,8,21H,7H2,1-3H3. The van der Waals surface area contributed by atoms with Crippen molar-refractivity contribution in [3.63, 3.8) is 0 Å². The summed E-state index contributed by atoms with van der Waals surface area (Å²) in [6.45, 7) is 4.12. The van der Waals surface area contributed by atoms with Crippen molar-refractivity contribution in [3.8, 4) is 5.75 Å². The Kier molecular flexibility index (Phi) is 4.56. The number of halogens is 1. The van der Waals surface area contributed by atoms with Crippen LogP contribution in [0.25, 0.3) is 11.0 Å². The van der Waals surface area contributed by atoms with Gasteiger partial charge in [0.1, 0.15) is 17.2 Å². The zero-order valence-electron chi connectivity index (χ0n) is 13.4. The number of aromatic nitrogens is 3. The minimum absolute atomic E-state index is 0.119. The van der Waals surface area contributed by atoms with E-state index < -0.39 is 5.63 Å². The first-order chi connectivity index (χ1) is 11.4. The van der Waals surface area contributed by atoms with Gasteiger partial charge < -0.3 is 14.1 Å². The lowest BCUT2D eigenvalue weighted by Gasteiger charge is -2.08. The first-order valence-corrected chi connectivity index (χ1v) is 8.70. The smallest absolute Gasteiger partial charge is 0.336 e. The lowest BCUT2D eigenvalue weighted by molar-refractivity contribution is 0.473. The molecule has 0 saturated carbocycles. The Balaban J connectivity index is 1.96. The third-order valence-corrected chi connectivity index (χ3v) is 5.01. The maximum atomic E-state index is 11.7. The third-order valence-electron chi connectivity index (χ3n) is 3.64. The van der Waals surface area contributed by atoms with E-state index in [-0.39, 0.29) is 16.7 Å². The van der Waals surface area contributed by atoms with E-state index in [1.165, 1.54) is 23.9 Å². The Labute approximate surface area is 147 Å². The fraction of sp³-hybridized carbons (Fsp3) is 0.312. The van der Waals surface area contributed by atoms with Gasteiger partial charge in [-0.15, -0.1) is 10.2 Å². The monoisotopic (exact) mass is 365 g/mol. The number of phenols is 1. The number of hydrogen-bond acceptors (Lipinski definition) is 6. The second-order valence-corrected chi connectivity index (χ2v) is 7.08. The van der Waals surface area contributed by atoms with Crippen molar-refractivity contribution >= 4 is 34.3 Å². The first kappa shape index (κ1) is 16.9. The van der Waals surface area contributed by atoms with Gasteiger partial charge in [-0.2, -0.15) is 0 Å². The average Bonchev–Trinajstić information content (AvgIpc) is 2.88. The molecule has 0 bridgehead atoms. The molecule has 1 N–H and O–H groups in total. The minimum Gasteiger partial charge on any atom is -0.506 e. The molecule has 3 rings (SSSR count). The molecule has 0 spiro atoms. The largest absolute Gasteiger partial charge is 0.506 e. The fourth-order valence-corrected chi connectivity index (χ4v) is 3.53. The van der Waals surface area contributed by atoms with E-state index in [0.717, 1.165) is 16.5 Å². The molecule has 0 amide bonds. The van der Waals surface area contributed by atoms with Gasteiger partial charge in [0.15, 0.2) is 5.16 Å². The van der Waals surface area contributed by atoms with Crippen LogP contribution in [-0.2, 0) is 12.8 Å². The summed E-state index contributed by atoms with van der Waals surface area (Å²) in [5, 5.41) is 19.7. The molecule has 0 aliphatic heterocycles. The van der Waals surface area contributed by atoms with E-state index in [4.69, 9.17) is 16.0 Å². The normalized spacial score (nSPS) is 11.5. The van der Waals surface area contributed by atoms with E-state index in [2.05, 4.69) is 24.0 Å². The topological polar surface area (TPSA) is 81.2 Å². The summed E-state index contributed by atoms with van der Waals surface area (Å²) in [4.78, 5) is 11.7. The van der Waals surface area contributed by atoms with Crippen molar-refractivity contribution in [3.05, 3.63) is 45.0 Å². The summed E-state index contributed by atoms with van der Waals surface area (Å²) >= 11 is 7.45. The van der Waals surface area contributed by atoms with Crippen LogP contribution in [0.2, 0.25) is 5.02 Å². The Morgan fingerprint density at radius 1 is 1.33 bits per heavy atom. The number of nitrogens with zero attached hydrogens (tertiary/aromatic N) is 3. The Morgan fingerprint density at radius 2 is 2.08 bits per heavy atom. The van der Waals surface area contributed by atoms with Crippen molar-refractivity contribution in [2.24, 2.45) is 7.05 Å². The summed E-state index contributed by atoms with van der Waals surface area (Å²) < 4.78 is 7.08. The van der Waals surface area contributed by atoms with E-state index in [1.54, 1.807) is 6.07 Å². The van der Waals surface area contributed by atoms with Gasteiger partial charge in [-0.25, -0.2) is 4.79 Å². The average molecular weight is 366 g/mol. The molecule has 0 aliphatic carbocycles. The molecule has 8 heteroatoms. The number of fused-ring (bicyclic) bond motifs is 1. The fourth-order valence-electron chi connectivity index (χ4n) is 2.45. The van der Waals surface area contributed by atoms with Crippen LogP contribution in [-0.4, -0.2) is 19.9 Å². The highest BCUT2D eigenvalue weighted by atomic mass is 35.5. The lowest BCUT2D eigenvalue weighted by atomic mass is 10.1. The van der Waals surface area contributed by atoms with Gasteiger partial charge in [0.25, 0.3) is 0 Å². The Hall–Kier alpha value is -1.99. The summed E-state index contributed by atoms with van der Waals surface area (Å²) in [7, 11) is 1.92. The molecule has 0 radical (unpaired) electrons. The molecule has 2 heterocycles. The number of rotatable bonds is 4. The maximum absolute atomic E-state index is 11.7. The van der Waals surface area contributed by atoms with Gasteiger partial charge in [-0.05, 0) is 11.6 Å². The molecule has 24 heavy (non-hydrogen) atoms. The highest BCUT2D eigenvalue weighted by Crippen LogP contribution is 2.32. The van der Waals surface area contributed by atoms with Gasteiger partial charge in [0, 0.05) is 36.2 Å². The predicted octanol–water partition coefficient (Wildman–Crippen LogP) is 3.70. The molecule has 3 aromatic rings. The van der Waals surface area contributed by atoms with E-state index >= 15 is 0 Å². The molecule has 0 atom stereocenters. The number of aromatic hydroxyl groups is 1. The molecule has 0 unspecified atom stereocenters.